The smallest absolute Gasteiger partial charge is 0.00725 e. The Balaban J connectivity index is 2.24. The molecule has 1 fully saturated rings. The maximum absolute atomic E-state index is 4.39. The van der Waals surface area contributed by atoms with Gasteiger partial charge in [0.05, 0.1) is 0 Å². The maximum Gasteiger partial charge on any atom is 0.00725 e. The summed E-state index contributed by atoms with van der Waals surface area (Å²) in [5.41, 5.74) is 0. The van der Waals surface area contributed by atoms with Crippen molar-refractivity contribution in [2.75, 3.05) is 36.9 Å². The van der Waals surface area contributed by atoms with Crippen LogP contribution in [0.1, 0.15) is 19.8 Å². The van der Waals surface area contributed by atoms with E-state index in [9.17, 15) is 0 Å². The van der Waals surface area contributed by atoms with Crippen LogP contribution in [-0.4, -0.2) is 41.8 Å². The van der Waals surface area contributed by atoms with E-state index in [-0.39, 0.29) is 0 Å². The fourth-order valence-electron chi connectivity index (χ4n) is 1.66. The Labute approximate surface area is 92.1 Å². The van der Waals surface area contributed by atoms with E-state index in [4.69, 9.17) is 0 Å². The molecule has 0 N–H and O–H groups in total. The summed E-state index contributed by atoms with van der Waals surface area (Å²) in [6.07, 6.45) is 2.64. The molecule has 1 unspecified atom stereocenters. The summed E-state index contributed by atoms with van der Waals surface area (Å²) in [5.74, 6) is 4.52. The average Bonchev–Trinajstić information content (AvgIpc) is 2.42. The molecule has 1 atom stereocenters. The molecule has 0 aromatic heterocycles. The number of thioether (sulfide) groups is 1. The van der Waals surface area contributed by atoms with Crippen LogP contribution in [0.5, 0.6) is 0 Å². The maximum atomic E-state index is 4.39. The Morgan fingerprint density at radius 3 is 2.92 bits per heavy atom. The molecule has 0 aliphatic carbocycles. The van der Waals surface area contributed by atoms with Gasteiger partial charge in [-0.3, -0.25) is 0 Å². The molecule has 1 rings (SSSR count). The zero-order chi connectivity index (χ0) is 9.52. The first-order chi connectivity index (χ1) is 6.36. The quantitative estimate of drug-likeness (QED) is 0.723. The summed E-state index contributed by atoms with van der Waals surface area (Å²) in [6, 6.07) is 0. The molecule has 1 nitrogen and oxygen atoms in total. The first-order valence-corrected chi connectivity index (χ1v) is 7.06. The molecule has 3 heteroatoms. The number of thiol groups is 1. The summed E-state index contributed by atoms with van der Waals surface area (Å²) in [7, 11) is 0. The molecule has 0 aromatic carbocycles. The fraction of sp³-hybridized carbons (Fsp3) is 1.00. The minimum atomic E-state index is 0.798. The van der Waals surface area contributed by atoms with E-state index in [0.717, 1.165) is 11.7 Å². The Morgan fingerprint density at radius 2 is 2.23 bits per heavy atom. The molecule has 1 aliphatic heterocycles. The SMILES string of the molecule is CCC(CS)CN1CCCSCC1. The molecular formula is C10H21NS2. The van der Waals surface area contributed by atoms with Crippen LogP contribution in [0.3, 0.4) is 0 Å². The van der Waals surface area contributed by atoms with Crippen LogP contribution in [0.4, 0.5) is 0 Å². The zero-order valence-electron chi connectivity index (χ0n) is 8.54. The molecule has 1 heterocycles. The van der Waals surface area contributed by atoms with Gasteiger partial charge >= 0.3 is 0 Å². The highest BCUT2D eigenvalue weighted by molar-refractivity contribution is 7.99. The van der Waals surface area contributed by atoms with Gasteiger partial charge in [-0.25, -0.2) is 0 Å². The first-order valence-electron chi connectivity index (χ1n) is 5.27. The molecule has 1 aliphatic rings. The Hall–Kier alpha value is 0.660. The van der Waals surface area contributed by atoms with Crippen LogP contribution in [0.15, 0.2) is 0 Å². The number of hydrogen-bond donors (Lipinski definition) is 1. The molecule has 13 heavy (non-hydrogen) atoms. The number of nitrogens with zero attached hydrogens (tertiary/aromatic N) is 1. The molecule has 1 saturated heterocycles. The van der Waals surface area contributed by atoms with Crippen molar-refractivity contribution < 1.29 is 0 Å². The van der Waals surface area contributed by atoms with Gasteiger partial charge in [-0.05, 0) is 30.4 Å². The third kappa shape index (κ3) is 4.61. The topological polar surface area (TPSA) is 3.24 Å². The lowest BCUT2D eigenvalue weighted by Gasteiger charge is -2.24. The van der Waals surface area contributed by atoms with Gasteiger partial charge < -0.3 is 4.90 Å². The minimum absolute atomic E-state index is 0.798. The van der Waals surface area contributed by atoms with Gasteiger partial charge in [-0.2, -0.15) is 24.4 Å². The van der Waals surface area contributed by atoms with Gasteiger partial charge in [0.2, 0.25) is 0 Å². The first kappa shape index (κ1) is 11.7. The van der Waals surface area contributed by atoms with Crippen molar-refractivity contribution in [1.82, 2.24) is 4.90 Å². The number of hydrogen-bond acceptors (Lipinski definition) is 3. The monoisotopic (exact) mass is 219 g/mol. The van der Waals surface area contributed by atoms with E-state index in [1.807, 2.05) is 0 Å². The molecule has 78 valence electrons. The largest absolute Gasteiger partial charge is 0.302 e. The van der Waals surface area contributed by atoms with Crippen LogP contribution in [0.25, 0.3) is 0 Å². The van der Waals surface area contributed by atoms with Gasteiger partial charge in [0, 0.05) is 18.8 Å². The summed E-state index contributed by atoms with van der Waals surface area (Å²) in [4.78, 5) is 2.62. The molecule has 0 amide bonds. The molecule has 0 bridgehead atoms. The van der Waals surface area contributed by atoms with E-state index in [1.54, 1.807) is 0 Å². The van der Waals surface area contributed by atoms with E-state index in [0.29, 0.717) is 0 Å². The Kier molecular flexibility index (Phi) is 6.33. The highest BCUT2D eigenvalue weighted by atomic mass is 32.2. The van der Waals surface area contributed by atoms with Gasteiger partial charge in [0.1, 0.15) is 0 Å². The standard InChI is InChI=1S/C10H21NS2/c1-2-10(9-12)8-11-4-3-6-13-7-5-11/h10,12H,2-9H2,1H3. The predicted molar refractivity (Wildman–Crippen MR) is 66.0 cm³/mol. The van der Waals surface area contributed by atoms with E-state index >= 15 is 0 Å². The Bertz CT molecular complexity index is 118. The number of rotatable bonds is 4. The van der Waals surface area contributed by atoms with Crippen molar-refractivity contribution >= 4 is 24.4 Å². The van der Waals surface area contributed by atoms with Crippen LogP contribution in [0, 0.1) is 5.92 Å². The van der Waals surface area contributed by atoms with E-state index < -0.39 is 0 Å². The van der Waals surface area contributed by atoms with Crippen LogP contribution >= 0.6 is 24.4 Å². The minimum Gasteiger partial charge on any atom is -0.302 e. The third-order valence-corrected chi connectivity index (χ3v) is 4.23. The molecule has 0 aromatic rings. The van der Waals surface area contributed by atoms with E-state index in [1.165, 1.54) is 44.0 Å². The average molecular weight is 219 g/mol. The highest BCUT2D eigenvalue weighted by Gasteiger charge is 2.13. The second-order valence-electron chi connectivity index (χ2n) is 3.72. The van der Waals surface area contributed by atoms with Crippen molar-refractivity contribution in [2.24, 2.45) is 5.92 Å². The molecule has 0 spiro atoms. The normalized spacial score (nSPS) is 22.6. The second kappa shape index (κ2) is 7.02. The van der Waals surface area contributed by atoms with Crippen LogP contribution in [-0.2, 0) is 0 Å². The summed E-state index contributed by atoms with van der Waals surface area (Å²) >= 11 is 6.49. The third-order valence-electron chi connectivity index (χ3n) is 2.67. The highest BCUT2D eigenvalue weighted by Crippen LogP contribution is 2.13. The van der Waals surface area contributed by atoms with Gasteiger partial charge in [0.15, 0.2) is 0 Å². The molecular weight excluding hydrogens is 198 g/mol. The summed E-state index contributed by atoms with van der Waals surface area (Å²) in [6.45, 7) is 6.13. The molecule has 0 saturated carbocycles. The lowest BCUT2D eigenvalue weighted by molar-refractivity contribution is 0.254. The summed E-state index contributed by atoms with van der Waals surface area (Å²) < 4.78 is 0. The van der Waals surface area contributed by atoms with Gasteiger partial charge in [-0.1, -0.05) is 13.3 Å². The van der Waals surface area contributed by atoms with Crippen LogP contribution < -0.4 is 0 Å². The van der Waals surface area contributed by atoms with Crippen LogP contribution in [0.2, 0.25) is 0 Å². The lowest BCUT2D eigenvalue weighted by Crippen LogP contribution is -2.32. The fourth-order valence-corrected chi connectivity index (χ4v) is 2.96. The second-order valence-corrected chi connectivity index (χ2v) is 5.31. The van der Waals surface area contributed by atoms with Crippen molar-refractivity contribution in [3.63, 3.8) is 0 Å². The van der Waals surface area contributed by atoms with Crippen molar-refractivity contribution in [2.45, 2.75) is 19.8 Å². The van der Waals surface area contributed by atoms with Crippen molar-refractivity contribution in [3.8, 4) is 0 Å². The van der Waals surface area contributed by atoms with Crippen molar-refractivity contribution in [3.05, 3.63) is 0 Å². The Morgan fingerprint density at radius 1 is 1.38 bits per heavy atom. The summed E-state index contributed by atoms with van der Waals surface area (Å²) in [5, 5.41) is 0. The van der Waals surface area contributed by atoms with Gasteiger partial charge in [0.25, 0.3) is 0 Å². The lowest BCUT2D eigenvalue weighted by atomic mass is 10.1. The molecule has 0 radical (unpaired) electrons. The van der Waals surface area contributed by atoms with E-state index in [2.05, 4.69) is 36.2 Å². The van der Waals surface area contributed by atoms with Gasteiger partial charge in [-0.15, -0.1) is 0 Å². The van der Waals surface area contributed by atoms with Crippen molar-refractivity contribution in [1.29, 1.82) is 0 Å². The predicted octanol–water partition coefficient (Wildman–Crippen LogP) is 2.38. The zero-order valence-corrected chi connectivity index (χ0v) is 10.2.